The van der Waals surface area contributed by atoms with Crippen LogP contribution in [-0.2, 0) is 40.5 Å². The first-order valence-electron chi connectivity index (χ1n) is 25.4. The highest BCUT2D eigenvalue weighted by atomic mass is 32.2. The highest BCUT2D eigenvalue weighted by Crippen LogP contribution is 2.63. The summed E-state index contributed by atoms with van der Waals surface area (Å²) in [6, 6.07) is 18.3. The summed E-state index contributed by atoms with van der Waals surface area (Å²) in [5.41, 5.74) is 10.0. The quantitative estimate of drug-likeness (QED) is 0.0347. The van der Waals surface area contributed by atoms with E-state index in [1.54, 1.807) is 90.7 Å². The third-order valence-corrected chi connectivity index (χ3v) is 28.6. The van der Waals surface area contributed by atoms with Crippen LogP contribution >= 0.6 is 90.7 Å². The van der Waals surface area contributed by atoms with Crippen LogP contribution in [0.5, 0.6) is 0 Å². The van der Waals surface area contributed by atoms with Crippen LogP contribution in [0.1, 0.15) is 150 Å². The molecule has 12 nitrogen and oxygen atoms in total. The van der Waals surface area contributed by atoms with E-state index in [0.29, 0.717) is 51.4 Å². The lowest BCUT2D eigenvalue weighted by Crippen LogP contribution is -2.04. The number of thiophene rings is 8. The molecule has 408 valence electrons. The van der Waals surface area contributed by atoms with Gasteiger partial charge in [0.2, 0.25) is 0 Å². The molecule has 8 aromatic heterocycles. The second kappa shape index (κ2) is 20.9. The lowest BCUT2D eigenvalue weighted by molar-refractivity contribution is 0.476. The van der Waals surface area contributed by atoms with E-state index in [1.165, 1.54) is 108 Å². The molecule has 4 N–H and O–H groups in total. The molecule has 0 fully saturated rings. The topological polar surface area (TPSA) is 217 Å². The van der Waals surface area contributed by atoms with E-state index in [0.717, 1.165) is 35.4 Å². The van der Waals surface area contributed by atoms with Gasteiger partial charge >= 0.3 is 0 Å². The summed E-state index contributed by atoms with van der Waals surface area (Å²) in [6.45, 7) is 2.12. The second-order valence-corrected chi connectivity index (χ2v) is 35.3. The molecule has 24 heteroatoms. The predicted octanol–water partition coefficient (Wildman–Crippen LogP) is 16.2. The molecule has 12 rings (SSSR count). The average molecular weight is 1270 g/mol. The molecule has 0 saturated carbocycles. The van der Waals surface area contributed by atoms with Gasteiger partial charge < -0.3 is 0 Å². The number of aryl methyl sites for hydroxylation is 1. The van der Waals surface area contributed by atoms with Gasteiger partial charge in [0, 0.05) is 96.8 Å². The fraction of sp³-hybridized carbons (Fsp3) is 0.396. The molecule has 8 heterocycles. The number of rotatable bonds is 23. The molecule has 0 spiro atoms. The highest BCUT2D eigenvalue weighted by molar-refractivity contribution is 7.86. The Morgan fingerprint density at radius 1 is 0.338 bits per heavy atom. The molecule has 0 radical (unpaired) electrons. The lowest BCUT2D eigenvalue weighted by Gasteiger charge is -2.12. The van der Waals surface area contributed by atoms with Crippen LogP contribution in [0.2, 0.25) is 0 Å². The van der Waals surface area contributed by atoms with Crippen molar-refractivity contribution < 1.29 is 51.9 Å². The molecule has 77 heavy (non-hydrogen) atoms. The maximum atomic E-state index is 11.8. The maximum absolute atomic E-state index is 11.8. The predicted molar refractivity (Wildman–Crippen MR) is 321 cm³/mol. The largest absolute Gasteiger partial charge is 0.286 e. The molecule has 0 amide bonds. The van der Waals surface area contributed by atoms with Gasteiger partial charge in [0.15, 0.2) is 0 Å². The standard InChI is InChI=1S/C53H52O12S12/c1-27-20-33-29(11-3-7-17-75(57,58)59)35-22-42(69-49(35)48(33)67-27)43-24-37-31(13-5-9-19-77(63,64)65)39-26-45(73-53(39)52(37)71-43)44-25-38-30(12-4-8-18-76(60,61)62)36-23-41(70-50(36)51(38)72-44)40-21-34-28(10-2-6-16-74(54,55)56)32-14-15-66-46(32)47(34)68-40/h14-15,20-26,28-31H,2-13,16-19H2,1H3,(H,54,55,56)(H,57,58,59)(H,60,61,62)(H,63,64,65). The summed E-state index contributed by atoms with van der Waals surface area (Å²) >= 11 is 14.3. The number of fused-ring (bicyclic) bond motifs is 12. The van der Waals surface area contributed by atoms with Crippen molar-refractivity contribution in [1.29, 1.82) is 0 Å². The fourth-order valence-electron chi connectivity index (χ4n) is 12.0. The Labute approximate surface area is 480 Å². The number of hydrogen-bond donors (Lipinski definition) is 4. The molecule has 4 aliphatic carbocycles. The van der Waals surface area contributed by atoms with E-state index in [2.05, 4.69) is 60.8 Å². The smallest absolute Gasteiger partial charge is 0.264 e. The van der Waals surface area contributed by atoms with E-state index in [9.17, 15) is 51.9 Å². The SMILES string of the molecule is Cc1cc2c(s1)-c1sc(-c3cc4c(s3)-c3sc(-c5cc6c(s5)-c5sc(-c7cc8c(s7)-c7sccc7C8CCCCS(=O)(=O)O)cc5C6CCCCS(=O)(=O)O)cc3C4CCCCS(=O)(=O)O)cc1C2CCCCS(=O)(=O)O. The van der Waals surface area contributed by atoms with Crippen LogP contribution in [0.25, 0.3) is 68.3 Å². The third-order valence-electron chi connectivity index (χ3n) is 15.3. The summed E-state index contributed by atoms with van der Waals surface area (Å²) in [5.74, 6) is -0.700. The molecule has 4 aliphatic rings. The second-order valence-electron chi connectivity index (χ2n) is 20.6. The van der Waals surface area contributed by atoms with Crippen LogP contribution in [0.15, 0.2) is 53.9 Å². The van der Waals surface area contributed by atoms with Gasteiger partial charge in [0.05, 0.1) is 23.0 Å². The van der Waals surface area contributed by atoms with Crippen LogP contribution in [0.4, 0.5) is 0 Å². The van der Waals surface area contributed by atoms with Gasteiger partial charge in [-0.1, -0.05) is 25.7 Å². The van der Waals surface area contributed by atoms with Crippen LogP contribution in [0.3, 0.4) is 0 Å². The van der Waals surface area contributed by atoms with E-state index in [-0.39, 0.29) is 46.7 Å². The van der Waals surface area contributed by atoms with Crippen molar-refractivity contribution in [2.75, 3.05) is 23.0 Å². The van der Waals surface area contributed by atoms with Crippen molar-refractivity contribution in [2.24, 2.45) is 0 Å². The van der Waals surface area contributed by atoms with E-state index in [4.69, 9.17) is 0 Å². The summed E-state index contributed by atoms with van der Waals surface area (Å²) in [6.07, 6.45) is 7.05. The normalized spacial score (nSPS) is 18.1. The van der Waals surface area contributed by atoms with Crippen molar-refractivity contribution in [3.05, 3.63) is 103 Å². The van der Waals surface area contributed by atoms with Crippen molar-refractivity contribution in [3.63, 3.8) is 0 Å². The van der Waals surface area contributed by atoms with Gasteiger partial charge in [-0.3, -0.25) is 18.2 Å². The van der Waals surface area contributed by atoms with E-state index < -0.39 is 40.5 Å². The highest BCUT2D eigenvalue weighted by Gasteiger charge is 2.39. The molecule has 0 aromatic carbocycles. The summed E-state index contributed by atoms with van der Waals surface area (Å²) < 4.78 is 131. The Kier molecular flexibility index (Phi) is 14.9. The first kappa shape index (κ1) is 54.8. The summed E-state index contributed by atoms with van der Waals surface area (Å²) in [5, 5.41) is 2.12. The summed E-state index contributed by atoms with van der Waals surface area (Å²) in [7, 11) is -16.3. The van der Waals surface area contributed by atoms with Crippen molar-refractivity contribution in [3.8, 4) is 68.3 Å². The first-order valence-corrected chi connectivity index (χ1v) is 38.4. The van der Waals surface area contributed by atoms with Gasteiger partial charge in [0.1, 0.15) is 0 Å². The Balaban J connectivity index is 0.863. The monoisotopic (exact) mass is 1260 g/mol. The Bertz CT molecular complexity index is 4070. The molecule has 0 bridgehead atoms. The zero-order valence-electron chi connectivity index (χ0n) is 41.3. The van der Waals surface area contributed by atoms with Crippen LogP contribution in [0, 0.1) is 6.92 Å². The molecule has 0 saturated heterocycles. The van der Waals surface area contributed by atoms with Gasteiger partial charge in [-0.05, 0) is 157 Å². The van der Waals surface area contributed by atoms with Gasteiger partial charge in [0.25, 0.3) is 40.5 Å². The van der Waals surface area contributed by atoms with Crippen LogP contribution in [-0.4, -0.2) is 74.9 Å². The minimum Gasteiger partial charge on any atom is -0.286 e. The van der Waals surface area contributed by atoms with Crippen molar-refractivity contribution >= 4 is 131 Å². The molecule has 4 atom stereocenters. The zero-order valence-corrected chi connectivity index (χ0v) is 51.1. The van der Waals surface area contributed by atoms with Gasteiger partial charge in [-0.25, -0.2) is 0 Å². The Morgan fingerprint density at radius 3 is 0.870 bits per heavy atom. The maximum Gasteiger partial charge on any atom is 0.264 e. The first-order chi connectivity index (χ1) is 36.5. The Morgan fingerprint density at radius 2 is 0.584 bits per heavy atom. The minimum atomic E-state index is -4.10. The minimum absolute atomic E-state index is 0.0353. The van der Waals surface area contributed by atoms with Crippen molar-refractivity contribution in [1.82, 2.24) is 0 Å². The third kappa shape index (κ3) is 11.1. The van der Waals surface area contributed by atoms with Gasteiger partial charge in [-0.15, -0.1) is 90.7 Å². The molecule has 8 aromatic rings. The zero-order chi connectivity index (χ0) is 53.9. The van der Waals surface area contributed by atoms with E-state index in [1.807, 2.05) is 0 Å². The van der Waals surface area contributed by atoms with E-state index >= 15 is 0 Å². The molecular weight excluding hydrogens is 1210 g/mol. The number of hydrogen-bond acceptors (Lipinski definition) is 16. The molecule has 4 unspecified atom stereocenters. The van der Waals surface area contributed by atoms with Crippen LogP contribution < -0.4 is 0 Å². The summed E-state index contributed by atoms with van der Waals surface area (Å²) in [4.78, 5) is 18.2. The average Bonchev–Trinajstić information content (AvgIpc) is 4.38. The lowest BCUT2D eigenvalue weighted by atomic mass is 9.92. The fourth-order valence-corrected chi connectivity index (χ4v) is 24.5. The number of unbranched alkanes of at least 4 members (excludes halogenated alkanes) is 4. The van der Waals surface area contributed by atoms with Crippen molar-refractivity contribution in [2.45, 2.75) is 108 Å². The Hall–Kier alpha value is -2.76. The molecule has 0 aliphatic heterocycles. The molecular formula is C53H52O12S12. The van der Waals surface area contributed by atoms with Gasteiger partial charge in [-0.2, -0.15) is 33.7 Å².